The Hall–Kier alpha value is -2.40. The van der Waals surface area contributed by atoms with Crippen LogP contribution in [0.25, 0.3) is 10.8 Å². The van der Waals surface area contributed by atoms with Gasteiger partial charge in [-0.15, -0.1) is 0 Å². The minimum absolute atomic E-state index is 0.126. The van der Waals surface area contributed by atoms with Gasteiger partial charge in [0.15, 0.2) is 0 Å². The predicted molar refractivity (Wildman–Crippen MR) is 86.3 cm³/mol. The summed E-state index contributed by atoms with van der Waals surface area (Å²) < 4.78 is 0. The Kier molecular flexibility index (Phi) is 3.58. The van der Waals surface area contributed by atoms with Gasteiger partial charge in [-0.25, -0.2) is 4.98 Å². The smallest absolute Gasteiger partial charge is 0.272 e. The molecule has 0 unspecified atom stereocenters. The summed E-state index contributed by atoms with van der Waals surface area (Å²) >= 11 is 1.62. The number of nitrogen functional groups attached to an aromatic ring is 1. The van der Waals surface area contributed by atoms with Crippen LogP contribution in [-0.2, 0) is 6.54 Å². The molecule has 106 valence electrons. The fourth-order valence-corrected chi connectivity index (χ4v) is 2.92. The Morgan fingerprint density at radius 2 is 2.14 bits per heavy atom. The lowest BCUT2D eigenvalue weighted by atomic mass is 10.1. The van der Waals surface area contributed by atoms with Crippen molar-refractivity contribution in [2.24, 2.45) is 0 Å². The number of benzene rings is 1. The van der Waals surface area contributed by atoms with Crippen LogP contribution in [0.15, 0.2) is 47.2 Å². The number of nitrogens with zero attached hydrogens (tertiary/aromatic N) is 2. The number of aromatic nitrogens is 1. The van der Waals surface area contributed by atoms with Gasteiger partial charge in [0, 0.05) is 19.0 Å². The van der Waals surface area contributed by atoms with E-state index in [-0.39, 0.29) is 5.91 Å². The molecule has 2 aromatic heterocycles. The van der Waals surface area contributed by atoms with Gasteiger partial charge in [-0.1, -0.05) is 24.3 Å². The summed E-state index contributed by atoms with van der Waals surface area (Å²) in [6, 6.07) is 11.5. The van der Waals surface area contributed by atoms with Gasteiger partial charge in [0.1, 0.15) is 11.5 Å². The molecule has 1 aromatic carbocycles. The van der Waals surface area contributed by atoms with E-state index in [0.29, 0.717) is 18.1 Å². The summed E-state index contributed by atoms with van der Waals surface area (Å²) in [7, 11) is 1.77. The van der Waals surface area contributed by atoms with Gasteiger partial charge in [-0.05, 0) is 33.8 Å². The van der Waals surface area contributed by atoms with Crippen LogP contribution in [-0.4, -0.2) is 22.8 Å². The monoisotopic (exact) mass is 297 g/mol. The number of anilines is 1. The van der Waals surface area contributed by atoms with Crippen molar-refractivity contribution in [2.75, 3.05) is 12.8 Å². The quantitative estimate of drug-likeness (QED) is 0.808. The van der Waals surface area contributed by atoms with Crippen molar-refractivity contribution < 1.29 is 4.79 Å². The second-order valence-corrected chi connectivity index (χ2v) is 5.69. The normalized spacial score (nSPS) is 10.7. The Balaban J connectivity index is 1.90. The second kappa shape index (κ2) is 5.54. The maximum Gasteiger partial charge on any atom is 0.272 e. The number of fused-ring (bicyclic) bond motifs is 1. The number of nitrogens with two attached hydrogens (primary N) is 1. The molecule has 2 N–H and O–H groups in total. The molecule has 21 heavy (non-hydrogen) atoms. The fraction of sp³-hybridized carbons (Fsp3) is 0.125. The lowest BCUT2D eigenvalue weighted by Gasteiger charge is -2.16. The highest BCUT2D eigenvalue weighted by atomic mass is 32.1. The van der Waals surface area contributed by atoms with E-state index in [2.05, 4.69) is 4.98 Å². The molecule has 0 saturated carbocycles. The first-order valence-corrected chi connectivity index (χ1v) is 7.51. The molecule has 0 fully saturated rings. The fourth-order valence-electron chi connectivity index (χ4n) is 2.26. The van der Waals surface area contributed by atoms with Crippen molar-refractivity contribution in [3.8, 4) is 0 Å². The zero-order valence-corrected chi connectivity index (χ0v) is 12.4. The Labute approximate surface area is 126 Å². The molecule has 1 amide bonds. The van der Waals surface area contributed by atoms with Gasteiger partial charge in [0.05, 0.1) is 0 Å². The van der Waals surface area contributed by atoms with Crippen LogP contribution < -0.4 is 5.73 Å². The molecule has 0 radical (unpaired) electrons. The highest BCUT2D eigenvalue weighted by Crippen LogP contribution is 2.21. The van der Waals surface area contributed by atoms with Crippen LogP contribution in [0.2, 0.25) is 0 Å². The maximum absolute atomic E-state index is 12.5. The molecule has 0 atom stereocenters. The summed E-state index contributed by atoms with van der Waals surface area (Å²) in [5.74, 6) is 0.263. The highest BCUT2D eigenvalue weighted by molar-refractivity contribution is 7.07. The highest BCUT2D eigenvalue weighted by Gasteiger charge is 2.15. The first-order chi connectivity index (χ1) is 10.1. The summed E-state index contributed by atoms with van der Waals surface area (Å²) in [5.41, 5.74) is 7.44. The number of hydrogen-bond acceptors (Lipinski definition) is 4. The van der Waals surface area contributed by atoms with Crippen LogP contribution in [0.1, 0.15) is 16.1 Å². The SMILES string of the molecule is CN(Cc1ccsc1)C(=O)c1cc2ccccc2c(N)n1. The van der Waals surface area contributed by atoms with Gasteiger partial charge < -0.3 is 10.6 Å². The third kappa shape index (κ3) is 2.73. The molecular formula is C16H15N3OS. The summed E-state index contributed by atoms with van der Waals surface area (Å²) in [4.78, 5) is 18.4. The Bertz CT molecular complexity index is 783. The first kappa shape index (κ1) is 13.6. The Morgan fingerprint density at radius 1 is 1.33 bits per heavy atom. The standard InChI is InChI=1S/C16H15N3OS/c1-19(9-11-6-7-21-10-11)16(20)14-8-12-4-2-3-5-13(12)15(17)18-14/h2-8,10H,9H2,1H3,(H2,17,18). The van der Waals surface area contributed by atoms with E-state index in [9.17, 15) is 4.79 Å². The number of amides is 1. The number of pyridine rings is 1. The topological polar surface area (TPSA) is 59.2 Å². The third-order valence-corrected chi connectivity index (χ3v) is 4.07. The van der Waals surface area contributed by atoms with Crippen LogP contribution in [0.3, 0.4) is 0 Å². The first-order valence-electron chi connectivity index (χ1n) is 6.57. The van der Waals surface area contributed by atoms with E-state index >= 15 is 0 Å². The molecule has 2 heterocycles. The van der Waals surface area contributed by atoms with Crippen LogP contribution in [0.5, 0.6) is 0 Å². The van der Waals surface area contributed by atoms with E-state index < -0.39 is 0 Å². The number of rotatable bonds is 3. The summed E-state index contributed by atoms with van der Waals surface area (Å²) in [6.07, 6.45) is 0. The van der Waals surface area contributed by atoms with Gasteiger partial charge in [-0.3, -0.25) is 4.79 Å². The molecule has 0 aliphatic rings. The van der Waals surface area contributed by atoms with Crippen molar-refractivity contribution in [2.45, 2.75) is 6.54 Å². The van der Waals surface area contributed by atoms with Gasteiger partial charge >= 0.3 is 0 Å². The molecule has 0 aliphatic heterocycles. The minimum Gasteiger partial charge on any atom is -0.383 e. The average Bonchev–Trinajstić information content (AvgIpc) is 2.99. The predicted octanol–water partition coefficient (Wildman–Crippen LogP) is 3.15. The molecule has 0 spiro atoms. The van der Waals surface area contributed by atoms with E-state index in [1.165, 1.54) is 0 Å². The third-order valence-electron chi connectivity index (χ3n) is 3.34. The number of carbonyl (C=O) groups excluding carboxylic acids is 1. The van der Waals surface area contributed by atoms with E-state index in [1.54, 1.807) is 29.4 Å². The molecule has 3 aromatic rings. The molecule has 0 bridgehead atoms. The zero-order chi connectivity index (χ0) is 14.8. The van der Waals surface area contributed by atoms with Crippen molar-refractivity contribution >= 4 is 33.8 Å². The van der Waals surface area contributed by atoms with Crippen molar-refractivity contribution in [3.05, 3.63) is 58.4 Å². The van der Waals surface area contributed by atoms with Gasteiger partial charge in [-0.2, -0.15) is 11.3 Å². The lowest BCUT2D eigenvalue weighted by Crippen LogP contribution is -2.27. The second-order valence-electron chi connectivity index (χ2n) is 4.91. The molecular weight excluding hydrogens is 282 g/mol. The lowest BCUT2D eigenvalue weighted by molar-refractivity contribution is 0.0780. The number of thiophene rings is 1. The van der Waals surface area contributed by atoms with Crippen molar-refractivity contribution in [3.63, 3.8) is 0 Å². The summed E-state index contributed by atoms with van der Waals surface area (Å²) in [5, 5.41) is 5.83. The van der Waals surface area contributed by atoms with E-state index in [4.69, 9.17) is 5.73 Å². The van der Waals surface area contributed by atoms with Gasteiger partial charge in [0.2, 0.25) is 0 Å². The van der Waals surface area contributed by atoms with Crippen LogP contribution in [0, 0.1) is 0 Å². The minimum atomic E-state index is -0.126. The van der Waals surface area contributed by atoms with Crippen molar-refractivity contribution in [1.82, 2.24) is 9.88 Å². The van der Waals surface area contributed by atoms with Crippen molar-refractivity contribution in [1.29, 1.82) is 0 Å². The summed E-state index contributed by atoms with van der Waals surface area (Å²) in [6.45, 7) is 0.566. The maximum atomic E-state index is 12.5. The zero-order valence-electron chi connectivity index (χ0n) is 11.6. The van der Waals surface area contributed by atoms with E-state index in [1.807, 2.05) is 41.1 Å². The molecule has 0 saturated heterocycles. The largest absolute Gasteiger partial charge is 0.383 e. The van der Waals surface area contributed by atoms with E-state index in [0.717, 1.165) is 16.3 Å². The average molecular weight is 297 g/mol. The molecule has 4 nitrogen and oxygen atoms in total. The number of hydrogen-bond donors (Lipinski definition) is 1. The Morgan fingerprint density at radius 3 is 2.90 bits per heavy atom. The van der Waals surface area contributed by atoms with Crippen LogP contribution in [0.4, 0.5) is 5.82 Å². The van der Waals surface area contributed by atoms with Gasteiger partial charge in [0.25, 0.3) is 5.91 Å². The number of carbonyl (C=O) groups is 1. The molecule has 5 heteroatoms. The molecule has 0 aliphatic carbocycles. The van der Waals surface area contributed by atoms with Crippen LogP contribution >= 0.6 is 11.3 Å². The molecule has 3 rings (SSSR count).